The predicted octanol–water partition coefficient (Wildman–Crippen LogP) is 3.44. The minimum Gasteiger partial charge on any atom is -0.425 e. The monoisotopic (exact) mass is 269 g/mol. The lowest BCUT2D eigenvalue weighted by atomic mass is 10.1. The summed E-state index contributed by atoms with van der Waals surface area (Å²) in [6.07, 6.45) is 1.93. The van der Waals surface area contributed by atoms with Gasteiger partial charge in [-0.05, 0) is 23.1 Å². The van der Waals surface area contributed by atoms with Gasteiger partial charge in [-0.15, -0.1) is 11.3 Å². The van der Waals surface area contributed by atoms with Gasteiger partial charge in [-0.1, -0.05) is 30.3 Å². The molecule has 94 valence electrons. The summed E-state index contributed by atoms with van der Waals surface area (Å²) in [6, 6.07) is 13.2. The van der Waals surface area contributed by atoms with Gasteiger partial charge < -0.3 is 4.74 Å². The van der Waals surface area contributed by atoms with Crippen molar-refractivity contribution in [3.8, 4) is 5.75 Å². The van der Waals surface area contributed by atoms with Crippen LogP contribution in [0.3, 0.4) is 0 Å². The van der Waals surface area contributed by atoms with Crippen LogP contribution in [0.2, 0.25) is 0 Å². The molecule has 0 aliphatic rings. The van der Waals surface area contributed by atoms with E-state index in [2.05, 4.69) is 4.98 Å². The maximum Gasteiger partial charge on any atom is 0.315 e. The highest BCUT2D eigenvalue weighted by atomic mass is 32.1. The van der Waals surface area contributed by atoms with Gasteiger partial charge in [-0.25, -0.2) is 4.98 Å². The highest BCUT2D eigenvalue weighted by Gasteiger charge is 2.10. The molecule has 3 nitrogen and oxygen atoms in total. The van der Waals surface area contributed by atoms with Crippen molar-refractivity contribution in [2.75, 3.05) is 0 Å². The van der Waals surface area contributed by atoms with Crippen molar-refractivity contribution in [2.24, 2.45) is 0 Å². The maximum absolute atomic E-state index is 11.9. The van der Waals surface area contributed by atoms with E-state index in [4.69, 9.17) is 4.74 Å². The van der Waals surface area contributed by atoms with Crippen molar-refractivity contribution >= 4 is 27.5 Å². The van der Waals surface area contributed by atoms with Gasteiger partial charge >= 0.3 is 5.97 Å². The highest BCUT2D eigenvalue weighted by Crippen LogP contribution is 2.27. The molecule has 19 heavy (non-hydrogen) atoms. The number of hydrogen-bond donors (Lipinski definition) is 0. The fraction of sp³-hybridized carbons (Fsp3) is 0.0667. The first-order chi connectivity index (χ1) is 9.33. The zero-order valence-electron chi connectivity index (χ0n) is 10.1. The molecule has 0 radical (unpaired) electrons. The molecule has 0 saturated heterocycles. The molecular weight excluding hydrogens is 258 g/mol. The number of hydrogen-bond acceptors (Lipinski definition) is 4. The number of rotatable bonds is 3. The van der Waals surface area contributed by atoms with Gasteiger partial charge in [0.1, 0.15) is 10.6 Å². The van der Waals surface area contributed by atoms with Crippen LogP contribution in [0.4, 0.5) is 0 Å². The summed E-state index contributed by atoms with van der Waals surface area (Å²) in [7, 11) is 0. The number of carbonyl (C=O) groups is 1. The normalized spacial score (nSPS) is 10.5. The summed E-state index contributed by atoms with van der Waals surface area (Å²) < 4.78 is 5.42. The molecule has 0 bridgehead atoms. The van der Waals surface area contributed by atoms with E-state index < -0.39 is 0 Å². The van der Waals surface area contributed by atoms with Crippen molar-refractivity contribution in [1.82, 2.24) is 4.98 Å². The summed E-state index contributed by atoms with van der Waals surface area (Å²) in [5.41, 5.74) is 0.947. The molecule has 1 aromatic carbocycles. The van der Waals surface area contributed by atoms with Crippen LogP contribution in [0.5, 0.6) is 5.75 Å². The largest absolute Gasteiger partial charge is 0.425 e. The van der Waals surface area contributed by atoms with E-state index in [0.29, 0.717) is 5.75 Å². The van der Waals surface area contributed by atoms with Crippen LogP contribution in [-0.4, -0.2) is 11.0 Å². The SMILES string of the molecule is O=C(Cc1ccccc1)Oc1ccnc2sccc12. The zero-order chi connectivity index (χ0) is 13.1. The summed E-state index contributed by atoms with van der Waals surface area (Å²) in [6.45, 7) is 0. The Labute approximate surface area is 114 Å². The van der Waals surface area contributed by atoms with Crippen molar-refractivity contribution in [1.29, 1.82) is 0 Å². The fourth-order valence-electron chi connectivity index (χ4n) is 1.86. The molecule has 0 amide bonds. The average Bonchev–Trinajstić information content (AvgIpc) is 2.89. The Morgan fingerprint density at radius 3 is 2.84 bits per heavy atom. The van der Waals surface area contributed by atoms with E-state index in [1.165, 1.54) is 11.3 Å². The van der Waals surface area contributed by atoms with E-state index in [9.17, 15) is 4.79 Å². The third-order valence-corrected chi connectivity index (χ3v) is 3.56. The Kier molecular flexibility index (Phi) is 3.25. The van der Waals surface area contributed by atoms with Gasteiger partial charge in [0.2, 0.25) is 0 Å². The Bertz CT molecular complexity index is 706. The molecule has 0 fully saturated rings. The van der Waals surface area contributed by atoms with Gasteiger partial charge in [0.25, 0.3) is 0 Å². The summed E-state index contributed by atoms with van der Waals surface area (Å²) in [4.78, 5) is 17.0. The number of ether oxygens (including phenoxy) is 1. The van der Waals surface area contributed by atoms with E-state index in [-0.39, 0.29) is 12.4 Å². The molecule has 3 aromatic rings. The molecule has 0 atom stereocenters. The fourth-order valence-corrected chi connectivity index (χ4v) is 2.61. The number of nitrogens with zero attached hydrogens (tertiary/aromatic N) is 1. The van der Waals surface area contributed by atoms with Crippen molar-refractivity contribution in [2.45, 2.75) is 6.42 Å². The van der Waals surface area contributed by atoms with Gasteiger partial charge in [-0.3, -0.25) is 4.79 Å². The quantitative estimate of drug-likeness (QED) is 0.684. The molecule has 3 rings (SSSR count). The molecule has 0 saturated carbocycles. The Morgan fingerprint density at radius 2 is 2.00 bits per heavy atom. The van der Waals surface area contributed by atoms with E-state index in [1.807, 2.05) is 41.8 Å². The van der Waals surface area contributed by atoms with Crippen LogP contribution in [-0.2, 0) is 11.2 Å². The molecule has 2 heterocycles. The average molecular weight is 269 g/mol. The maximum atomic E-state index is 11.9. The van der Waals surface area contributed by atoms with Crippen LogP contribution in [0.15, 0.2) is 54.0 Å². The lowest BCUT2D eigenvalue weighted by molar-refractivity contribution is -0.133. The van der Waals surface area contributed by atoms with Gasteiger partial charge in [0.05, 0.1) is 11.8 Å². The van der Waals surface area contributed by atoms with Crippen LogP contribution in [0.25, 0.3) is 10.2 Å². The van der Waals surface area contributed by atoms with Crippen LogP contribution >= 0.6 is 11.3 Å². The second kappa shape index (κ2) is 5.20. The molecule has 2 aromatic heterocycles. The summed E-state index contributed by atoms with van der Waals surface area (Å²) in [5.74, 6) is 0.317. The number of thiophene rings is 1. The summed E-state index contributed by atoms with van der Waals surface area (Å²) in [5, 5.41) is 2.82. The minimum absolute atomic E-state index is 0.259. The molecule has 0 N–H and O–H groups in total. The number of aromatic nitrogens is 1. The third kappa shape index (κ3) is 2.63. The van der Waals surface area contributed by atoms with E-state index in [0.717, 1.165) is 15.8 Å². The van der Waals surface area contributed by atoms with Gasteiger partial charge in [0, 0.05) is 6.20 Å². The predicted molar refractivity (Wildman–Crippen MR) is 75.4 cm³/mol. The Morgan fingerprint density at radius 1 is 1.16 bits per heavy atom. The lowest BCUT2D eigenvalue weighted by Gasteiger charge is -2.05. The third-order valence-electron chi connectivity index (χ3n) is 2.74. The van der Waals surface area contributed by atoms with Gasteiger partial charge in [-0.2, -0.15) is 0 Å². The standard InChI is InChI=1S/C15H11NO2S/c17-14(10-11-4-2-1-3-5-11)18-13-6-8-16-15-12(13)7-9-19-15/h1-9H,10H2. The second-order valence-corrected chi connectivity index (χ2v) is 4.98. The molecular formula is C15H11NO2S. The number of carbonyl (C=O) groups excluding carboxylic acids is 1. The van der Waals surface area contributed by atoms with Crippen LogP contribution < -0.4 is 4.74 Å². The second-order valence-electron chi connectivity index (χ2n) is 4.08. The van der Waals surface area contributed by atoms with Crippen molar-refractivity contribution < 1.29 is 9.53 Å². The lowest BCUT2D eigenvalue weighted by Crippen LogP contribution is -2.11. The highest BCUT2D eigenvalue weighted by molar-refractivity contribution is 7.16. The first kappa shape index (κ1) is 11.9. The first-order valence-electron chi connectivity index (χ1n) is 5.90. The topological polar surface area (TPSA) is 39.2 Å². The zero-order valence-corrected chi connectivity index (χ0v) is 10.9. The number of benzene rings is 1. The van der Waals surface area contributed by atoms with Gasteiger partial charge in [0.15, 0.2) is 0 Å². The molecule has 0 aliphatic heterocycles. The number of esters is 1. The smallest absolute Gasteiger partial charge is 0.315 e. The van der Waals surface area contributed by atoms with Crippen molar-refractivity contribution in [3.63, 3.8) is 0 Å². The molecule has 0 spiro atoms. The summed E-state index contributed by atoms with van der Waals surface area (Å²) >= 11 is 1.53. The van der Waals surface area contributed by atoms with Crippen molar-refractivity contribution in [3.05, 3.63) is 59.6 Å². The van der Waals surface area contributed by atoms with Crippen LogP contribution in [0, 0.1) is 0 Å². The molecule has 0 aliphatic carbocycles. The minimum atomic E-state index is -0.259. The van der Waals surface area contributed by atoms with Crippen LogP contribution in [0.1, 0.15) is 5.56 Å². The van der Waals surface area contributed by atoms with E-state index in [1.54, 1.807) is 12.3 Å². The van der Waals surface area contributed by atoms with E-state index >= 15 is 0 Å². The first-order valence-corrected chi connectivity index (χ1v) is 6.78. The Hall–Kier alpha value is -2.20. The number of fused-ring (bicyclic) bond motifs is 1. The molecule has 4 heteroatoms. The molecule has 0 unspecified atom stereocenters. The number of pyridine rings is 1. The Balaban J connectivity index is 1.78.